The van der Waals surface area contributed by atoms with Gasteiger partial charge in [-0.05, 0) is 48.2 Å². The van der Waals surface area contributed by atoms with Crippen molar-refractivity contribution in [2.75, 3.05) is 12.4 Å². The molecule has 3 aromatic rings. The summed E-state index contributed by atoms with van der Waals surface area (Å²) in [4.78, 5) is 44.6. The zero-order chi connectivity index (χ0) is 26.6. The van der Waals surface area contributed by atoms with Gasteiger partial charge in [-0.1, -0.05) is 52.6 Å². The summed E-state index contributed by atoms with van der Waals surface area (Å²) in [5.74, 6) is -1.52. The van der Waals surface area contributed by atoms with Crippen LogP contribution in [0.2, 0.25) is 10.0 Å². The second kappa shape index (κ2) is 11.3. The fourth-order valence-corrected chi connectivity index (χ4v) is 5.03. The van der Waals surface area contributed by atoms with Crippen LogP contribution in [0, 0.1) is 0 Å². The number of methoxy groups -OCH3 is 1. The van der Waals surface area contributed by atoms with E-state index in [1.54, 1.807) is 49.4 Å². The molecule has 11 heteroatoms. The Bertz CT molecular complexity index is 1320. The molecule has 8 nitrogen and oxygen atoms in total. The molecule has 0 saturated carbocycles. The molecule has 37 heavy (non-hydrogen) atoms. The number of nitrogens with zero attached hydrogens (tertiary/aromatic N) is 1. The minimum atomic E-state index is -1.25. The predicted octanol–water partition coefficient (Wildman–Crippen LogP) is 5.09. The number of halogens is 2. The Morgan fingerprint density at radius 1 is 1.11 bits per heavy atom. The van der Waals surface area contributed by atoms with Crippen LogP contribution in [0.5, 0.6) is 0 Å². The monoisotopic (exact) mass is 559 g/mol. The number of rotatable bonds is 8. The summed E-state index contributed by atoms with van der Waals surface area (Å²) >= 11 is 13.7. The molecule has 1 aromatic heterocycles. The maximum atomic E-state index is 13.1. The average Bonchev–Trinajstić information content (AvgIpc) is 3.55. The van der Waals surface area contributed by atoms with Crippen molar-refractivity contribution in [1.82, 2.24) is 5.32 Å². The van der Waals surface area contributed by atoms with Crippen LogP contribution in [0.15, 0.2) is 65.1 Å². The van der Waals surface area contributed by atoms with Crippen molar-refractivity contribution in [2.24, 2.45) is 5.16 Å². The molecule has 2 N–H and O–H groups in total. The van der Waals surface area contributed by atoms with Gasteiger partial charge >= 0.3 is 5.97 Å². The Morgan fingerprint density at radius 2 is 1.81 bits per heavy atom. The molecule has 0 radical (unpaired) electrons. The number of thiophene rings is 1. The molecule has 192 valence electrons. The smallest absolute Gasteiger partial charge is 0.328 e. The second-order valence-corrected chi connectivity index (χ2v) is 10.3. The van der Waals surface area contributed by atoms with Crippen molar-refractivity contribution in [2.45, 2.75) is 31.4 Å². The number of benzene rings is 2. The summed E-state index contributed by atoms with van der Waals surface area (Å²) in [5.41, 5.74) is 0.848. The molecule has 1 unspecified atom stereocenters. The molecule has 0 bridgehead atoms. The van der Waals surface area contributed by atoms with E-state index in [0.29, 0.717) is 11.4 Å². The molecule has 1 aliphatic heterocycles. The minimum Gasteiger partial charge on any atom is -0.467 e. The number of anilines is 1. The van der Waals surface area contributed by atoms with Gasteiger partial charge in [0.05, 0.1) is 27.6 Å². The van der Waals surface area contributed by atoms with Crippen molar-refractivity contribution in [3.63, 3.8) is 0 Å². The van der Waals surface area contributed by atoms with Gasteiger partial charge in [-0.25, -0.2) is 4.79 Å². The van der Waals surface area contributed by atoms with E-state index in [1.165, 1.54) is 18.4 Å². The summed E-state index contributed by atoms with van der Waals surface area (Å²) in [7, 11) is 1.26. The fraction of sp³-hybridized carbons (Fsp3) is 0.231. The molecule has 2 heterocycles. The largest absolute Gasteiger partial charge is 0.467 e. The maximum absolute atomic E-state index is 13.1. The predicted molar refractivity (Wildman–Crippen MR) is 143 cm³/mol. The van der Waals surface area contributed by atoms with Gasteiger partial charge in [0.2, 0.25) is 5.60 Å². The normalized spacial score (nSPS) is 17.4. The molecular formula is C26H23Cl2N3O5S. The first-order valence-electron chi connectivity index (χ1n) is 11.2. The van der Waals surface area contributed by atoms with Gasteiger partial charge in [0, 0.05) is 18.5 Å². The summed E-state index contributed by atoms with van der Waals surface area (Å²) in [6.07, 6.45) is 0.439. The SMILES string of the molecule is COC(=O)[C@H](Cc1ccc(NC(=O)c2c(Cl)cccc2Cl)cc1)NC(=O)C1(C)CC(c2cccs2)=NO1. The summed E-state index contributed by atoms with van der Waals surface area (Å²) in [6, 6.07) is 14.5. The highest BCUT2D eigenvalue weighted by atomic mass is 35.5. The molecule has 0 saturated heterocycles. The fourth-order valence-electron chi connectivity index (χ4n) is 3.75. The Balaban J connectivity index is 1.40. The Hall–Kier alpha value is -3.40. The number of carbonyl (C=O) groups excluding carboxylic acids is 3. The number of ether oxygens (including phenoxy) is 1. The number of hydrogen-bond donors (Lipinski definition) is 2. The van der Waals surface area contributed by atoms with Crippen LogP contribution >= 0.6 is 34.5 Å². The van der Waals surface area contributed by atoms with Crippen LogP contribution in [-0.4, -0.2) is 42.2 Å². The number of oxime groups is 1. The molecule has 0 aliphatic carbocycles. The van der Waals surface area contributed by atoms with E-state index in [1.807, 2.05) is 17.5 Å². The number of nitrogens with one attached hydrogen (secondary N) is 2. The van der Waals surface area contributed by atoms with Crippen LogP contribution in [0.4, 0.5) is 5.69 Å². The second-order valence-electron chi connectivity index (χ2n) is 8.52. The van der Waals surface area contributed by atoms with Gasteiger partial charge in [0.15, 0.2) is 0 Å². The lowest BCUT2D eigenvalue weighted by Gasteiger charge is -2.24. The number of amides is 2. The first-order chi connectivity index (χ1) is 17.7. The first kappa shape index (κ1) is 26.7. The lowest BCUT2D eigenvalue weighted by molar-refractivity contribution is -0.150. The van der Waals surface area contributed by atoms with Crippen LogP contribution in [0.1, 0.15) is 34.1 Å². The third-order valence-electron chi connectivity index (χ3n) is 5.78. The van der Waals surface area contributed by atoms with Gasteiger partial charge in [-0.15, -0.1) is 11.3 Å². The third kappa shape index (κ3) is 6.12. The van der Waals surface area contributed by atoms with Crippen LogP contribution in [-0.2, 0) is 25.6 Å². The maximum Gasteiger partial charge on any atom is 0.328 e. The number of esters is 1. The molecule has 2 atom stereocenters. The van der Waals surface area contributed by atoms with E-state index in [4.69, 9.17) is 32.8 Å². The van der Waals surface area contributed by atoms with E-state index >= 15 is 0 Å². The highest BCUT2D eigenvalue weighted by Gasteiger charge is 2.44. The van der Waals surface area contributed by atoms with Gasteiger partial charge in [0.25, 0.3) is 11.8 Å². The van der Waals surface area contributed by atoms with Crippen LogP contribution in [0.25, 0.3) is 0 Å². The van der Waals surface area contributed by atoms with Gasteiger partial charge in [-0.3, -0.25) is 9.59 Å². The lowest BCUT2D eigenvalue weighted by atomic mass is 9.97. The minimum absolute atomic E-state index is 0.164. The number of carbonyl (C=O) groups is 3. The van der Waals surface area contributed by atoms with Crippen molar-refractivity contribution in [1.29, 1.82) is 0 Å². The van der Waals surface area contributed by atoms with Crippen LogP contribution in [0.3, 0.4) is 0 Å². The third-order valence-corrected chi connectivity index (χ3v) is 7.33. The van der Waals surface area contributed by atoms with Gasteiger partial charge in [-0.2, -0.15) is 0 Å². The zero-order valence-electron chi connectivity index (χ0n) is 19.9. The standard InChI is InChI=1S/C26H23Cl2N3O5S/c1-26(14-20(31-36-26)21-7-4-12-37-21)25(34)30-19(24(33)35-2)13-15-8-10-16(11-9-15)29-23(32)22-17(27)5-3-6-18(22)28/h3-12,19H,13-14H2,1-2H3,(H,29,32)(H,30,34)/t19-,26?/m0/s1. The van der Waals surface area contributed by atoms with E-state index < -0.39 is 29.4 Å². The molecule has 2 aromatic carbocycles. The van der Waals surface area contributed by atoms with Crippen LogP contribution < -0.4 is 10.6 Å². The van der Waals surface area contributed by atoms with Gasteiger partial charge < -0.3 is 20.2 Å². The number of hydrogen-bond acceptors (Lipinski definition) is 7. The zero-order valence-corrected chi connectivity index (χ0v) is 22.2. The molecule has 1 aliphatic rings. The highest BCUT2D eigenvalue weighted by molar-refractivity contribution is 7.12. The van der Waals surface area contributed by atoms with E-state index in [0.717, 1.165) is 10.4 Å². The Kier molecular flexibility index (Phi) is 8.16. The molecule has 0 spiro atoms. The first-order valence-corrected chi connectivity index (χ1v) is 12.9. The topological polar surface area (TPSA) is 106 Å². The van der Waals surface area contributed by atoms with E-state index in [2.05, 4.69) is 15.8 Å². The molecule has 2 amide bonds. The quantitative estimate of drug-likeness (QED) is 0.374. The average molecular weight is 560 g/mol. The van der Waals surface area contributed by atoms with Crippen molar-refractivity contribution < 1.29 is 24.0 Å². The summed E-state index contributed by atoms with van der Waals surface area (Å²) in [6.45, 7) is 1.63. The Morgan fingerprint density at radius 3 is 2.43 bits per heavy atom. The van der Waals surface area contributed by atoms with Gasteiger partial charge in [0.1, 0.15) is 11.8 Å². The Labute approximate surface area is 227 Å². The van der Waals surface area contributed by atoms with Crippen molar-refractivity contribution in [3.8, 4) is 0 Å². The highest BCUT2D eigenvalue weighted by Crippen LogP contribution is 2.29. The molecule has 0 fully saturated rings. The summed E-state index contributed by atoms with van der Waals surface area (Å²) in [5, 5.41) is 12.0. The van der Waals surface area contributed by atoms with Crippen molar-refractivity contribution >= 4 is 63.7 Å². The molecular weight excluding hydrogens is 537 g/mol. The van der Waals surface area contributed by atoms with Crippen molar-refractivity contribution in [3.05, 3.63) is 86.0 Å². The summed E-state index contributed by atoms with van der Waals surface area (Å²) < 4.78 is 4.91. The van der Waals surface area contributed by atoms with E-state index in [-0.39, 0.29) is 28.5 Å². The van der Waals surface area contributed by atoms with E-state index in [9.17, 15) is 14.4 Å². The molecule has 4 rings (SSSR count). The lowest BCUT2D eigenvalue weighted by Crippen LogP contribution is -2.52.